The molecule has 2 aliphatic rings. The SMILES string of the molecule is O=C(NCC1CCS(=O)(=O)C1)N1CCCCCC1. The van der Waals surface area contributed by atoms with Crippen molar-refractivity contribution in [2.24, 2.45) is 5.92 Å². The van der Waals surface area contributed by atoms with Crippen LogP contribution >= 0.6 is 0 Å². The van der Waals surface area contributed by atoms with Crippen molar-refractivity contribution in [1.29, 1.82) is 0 Å². The van der Waals surface area contributed by atoms with E-state index in [1.165, 1.54) is 12.8 Å². The molecule has 1 unspecified atom stereocenters. The highest BCUT2D eigenvalue weighted by Crippen LogP contribution is 2.17. The summed E-state index contributed by atoms with van der Waals surface area (Å²) in [6.45, 7) is 2.15. The fourth-order valence-electron chi connectivity index (χ4n) is 2.65. The Bertz CT molecular complexity index is 386. The smallest absolute Gasteiger partial charge is 0.317 e. The molecular weight excluding hydrogens is 252 g/mol. The lowest BCUT2D eigenvalue weighted by molar-refractivity contribution is 0.198. The number of carbonyl (C=O) groups is 1. The predicted molar refractivity (Wildman–Crippen MR) is 70.2 cm³/mol. The molecule has 5 nitrogen and oxygen atoms in total. The highest BCUT2D eigenvalue weighted by molar-refractivity contribution is 7.91. The van der Waals surface area contributed by atoms with Crippen LogP contribution in [-0.2, 0) is 9.84 Å². The largest absolute Gasteiger partial charge is 0.338 e. The van der Waals surface area contributed by atoms with Crippen LogP contribution in [0.25, 0.3) is 0 Å². The normalized spacial score (nSPS) is 27.8. The summed E-state index contributed by atoms with van der Waals surface area (Å²) in [5.41, 5.74) is 0. The Kier molecular flexibility index (Phi) is 4.48. The molecule has 18 heavy (non-hydrogen) atoms. The van der Waals surface area contributed by atoms with Gasteiger partial charge in [-0.3, -0.25) is 0 Å². The lowest BCUT2D eigenvalue weighted by Crippen LogP contribution is -2.42. The van der Waals surface area contributed by atoms with Crippen LogP contribution in [-0.4, -0.2) is 50.5 Å². The number of carbonyl (C=O) groups excluding carboxylic acids is 1. The van der Waals surface area contributed by atoms with E-state index in [0.717, 1.165) is 25.9 Å². The minimum atomic E-state index is -2.84. The molecule has 2 amide bonds. The third-order valence-electron chi connectivity index (χ3n) is 3.76. The number of urea groups is 1. The zero-order valence-corrected chi connectivity index (χ0v) is 11.5. The standard InChI is InChI=1S/C12H22N2O3S/c15-12(14-6-3-1-2-4-7-14)13-9-11-5-8-18(16,17)10-11/h11H,1-10H2,(H,13,15). The van der Waals surface area contributed by atoms with Crippen molar-refractivity contribution in [2.75, 3.05) is 31.1 Å². The maximum Gasteiger partial charge on any atom is 0.317 e. The molecule has 0 saturated carbocycles. The summed E-state index contributed by atoms with van der Waals surface area (Å²) in [6, 6.07) is -0.0267. The second kappa shape index (κ2) is 5.91. The van der Waals surface area contributed by atoms with Crippen LogP contribution in [0.5, 0.6) is 0 Å². The number of nitrogens with zero attached hydrogens (tertiary/aromatic N) is 1. The van der Waals surface area contributed by atoms with Gasteiger partial charge in [-0.05, 0) is 25.2 Å². The highest BCUT2D eigenvalue weighted by atomic mass is 32.2. The minimum absolute atomic E-state index is 0.0267. The summed E-state index contributed by atoms with van der Waals surface area (Å²) >= 11 is 0. The number of sulfone groups is 1. The van der Waals surface area contributed by atoms with Gasteiger partial charge >= 0.3 is 6.03 Å². The first-order valence-corrected chi connectivity index (χ1v) is 8.62. The molecule has 0 aromatic heterocycles. The van der Waals surface area contributed by atoms with Crippen LogP contribution in [0, 0.1) is 5.92 Å². The zero-order valence-electron chi connectivity index (χ0n) is 10.7. The van der Waals surface area contributed by atoms with E-state index in [2.05, 4.69) is 5.32 Å². The molecule has 2 aliphatic heterocycles. The third-order valence-corrected chi connectivity index (χ3v) is 5.60. The van der Waals surface area contributed by atoms with Crippen molar-refractivity contribution in [1.82, 2.24) is 10.2 Å². The van der Waals surface area contributed by atoms with E-state index in [9.17, 15) is 13.2 Å². The van der Waals surface area contributed by atoms with E-state index in [1.54, 1.807) is 0 Å². The van der Waals surface area contributed by atoms with E-state index in [4.69, 9.17) is 0 Å². The maximum atomic E-state index is 11.9. The van der Waals surface area contributed by atoms with Gasteiger partial charge in [-0.1, -0.05) is 12.8 Å². The Morgan fingerprint density at radius 2 is 1.83 bits per heavy atom. The van der Waals surface area contributed by atoms with Gasteiger partial charge in [-0.15, -0.1) is 0 Å². The summed E-state index contributed by atoms with van der Waals surface area (Å²) in [4.78, 5) is 13.8. The maximum absolute atomic E-state index is 11.9. The molecule has 6 heteroatoms. The Balaban J connectivity index is 1.74. The van der Waals surface area contributed by atoms with Gasteiger partial charge < -0.3 is 10.2 Å². The minimum Gasteiger partial charge on any atom is -0.338 e. The molecule has 1 atom stereocenters. The van der Waals surface area contributed by atoms with E-state index >= 15 is 0 Å². The van der Waals surface area contributed by atoms with E-state index in [1.807, 2.05) is 4.90 Å². The second-order valence-corrected chi connectivity index (χ2v) is 7.59. The summed E-state index contributed by atoms with van der Waals surface area (Å²) in [5, 5.41) is 2.88. The van der Waals surface area contributed by atoms with Crippen LogP contribution in [0.4, 0.5) is 4.79 Å². The summed E-state index contributed by atoms with van der Waals surface area (Å²) in [5.74, 6) is 0.607. The average molecular weight is 274 g/mol. The van der Waals surface area contributed by atoms with Crippen molar-refractivity contribution < 1.29 is 13.2 Å². The molecule has 0 aliphatic carbocycles. The predicted octanol–water partition coefficient (Wildman–Crippen LogP) is 1.01. The number of hydrogen-bond donors (Lipinski definition) is 1. The van der Waals surface area contributed by atoms with Crippen molar-refractivity contribution >= 4 is 15.9 Å². The van der Waals surface area contributed by atoms with Crippen LogP contribution in [0.3, 0.4) is 0 Å². The van der Waals surface area contributed by atoms with Crippen LogP contribution in [0.15, 0.2) is 0 Å². The first kappa shape index (κ1) is 13.6. The molecule has 2 fully saturated rings. The van der Waals surface area contributed by atoms with E-state index in [-0.39, 0.29) is 23.5 Å². The third kappa shape index (κ3) is 3.86. The van der Waals surface area contributed by atoms with Crippen LogP contribution < -0.4 is 5.32 Å². The lowest BCUT2D eigenvalue weighted by Gasteiger charge is -2.21. The molecule has 2 rings (SSSR count). The van der Waals surface area contributed by atoms with Gasteiger partial charge in [0, 0.05) is 19.6 Å². The number of nitrogens with one attached hydrogen (secondary N) is 1. The molecule has 0 radical (unpaired) electrons. The molecule has 2 heterocycles. The van der Waals surface area contributed by atoms with Gasteiger partial charge in [0.15, 0.2) is 9.84 Å². The first-order valence-electron chi connectivity index (χ1n) is 6.80. The average Bonchev–Trinajstić information content (AvgIpc) is 2.57. The molecule has 0 aromatic rings. The van der Waals surface area contributed by atoms with Crippen LogP contribution in [0.1, 0.15) is 32.1 Å². The van der Waals surface area contributed by atoms with Gasteiger partial charge in [0.1, 0.15) is 0 Å². The molecular formula is C12H22N2O3S. The van der Waals surface area contributed by atoms with Gasteiger partial charge in [0.2, 0.25) is 0 Å². The Hall–Kier alpha value is -0.780. The fraction of sp³-hybridized carbons (Fsp3) is 0.917. The van der Waals surface area contributed by atoms with Crippen molar-refractivity contribution in [3.63, 3.8) is 0 Å². The van der Waals surface area contributed by atoms with E-state index in [0.29, 0.717) is 13.0 Å². The second-order valence-electron chi connectivity index (χ2n) is 5.36. The Morgan fingerprint density at radius 1 is 1.17 bits per heavy atom. The molecule has 0 aromatic carbocycles. The molecule has 0 bridgehead atoms. The number of hydrogen-bond acceptors (Lipinski definition) is 3. The quantitative estimate of drug-likeness (QED) is 0.817. The van der Waals surface area contributed by atoms with Crippen molar-refractivity contribution in [3.05, 3.63) is 0 Å². The topological polar surface area (TPSA) is 66.5 Å². The number of rotatable bonds is 2. The molecule has 104 valence electrons. The summed E-state index contributed by atoms with van der Waals surface area (Å²) in [7, 11) is -2.84. The Labute approximate surface area is 109 Å². The lowest BCUT2D eigenvalue weighted by atomic mass is 10.1. The van der Waals surface area contributed by atoms with Gasteiger partial charge in [-0.2, -0.15) is 0 Å². The first-order chi connectivity index (χ1) is 8.57. The van der Waals surface area contributed by atoms with Crippen LogP contribution in [0.2, 0.25) is 0 Å². The number of likely N-dealkylation sites (tertiary alicyclic amines) is 1. The van der Waals surface area contributed by atoms with Crippen molar-refractivity contribution in [3.8, 4) is 0 Å². The molecule has 1 N–H and O–H groups in total. The van der Waals surface area contributed by atoms with E-state index < -0.39 is 9.84 Å². The Morgan fingerprint density at radius 3 is 2.39 bits per heavy atom. The fourth-order valence-corrected chi connectivity index (χ4v) is 4.51. The molecule has 2 saturated heterocycles. The summed E-state index contributed by atoms with van der Waals surface area (Å²) in [6.07, 6.45) is 5.23. The van der Waals surface area contributed by atoms with Gasteiger partial charge in [-0.25, -0.2) is 13.2 Å². The summed E-state index contributed by atoms with van der Waals surface area (Å²) < 4.78 is 22.6. The van der Waals surface area contributed by atoms with Gasteiger partial charge in [0.25, 0.3) is 0 Å². The molecule has 0 spiro atoms. The monoisotopic (exact) mass is 274 g/mol. The zero-order chi connectivity index (χ0) is 13.0. The number of amides is 2. The van der Waals surface area contributed by atoms with Crippen molar-refractivity contribution in [2.45, 2.75) is 32.1 Å². The highest BCUT2D eigenvalue weighted by Gasteiger charge is 2.28. The van der Waals surface area contributed by atoms with Gasteiger partial charge in [0.05, 0.1) is 11.5 Å².